The quantitative estimate of drug-likeness (QED) is 0.812. The van der Waals surface area contributed by atoms with Crippen molar-refractivity contribution in [3.8, 4) is 0 Å². The van der Waals surface area contributed by atoms with Gasteiger partial charge in [0.1, 0.15) is 22.9 Å². The van der Waals surface area contributed by atoms with Gasteiger partial charge in [-0.2, -0.15) is 0 Å². The molecule has 0 aromatic heterocycles. The fourth-order valence-electron chi connectivity index (χ4n) is 2.92. The molecule has 2 amide bonds. The summed E-state index contributed by atoms with van der Waals surface area (Å²) >= 11 is 0. The fraction of sp³-hybridized carbons (Fsp3) is 0.529. The van der Waals surface area contributed by atoms with Crippen LogP contribution in [0, 0.1) is 11.6 Å². The van der Waals surface area contributed by atoms with E-state index in [9.17, 15) is 18.4 Å². The number of hydrogen-bond acceptors (Lipinski definition) is 4. The van der Waals surface area contributed by atoms with Crippen LogP contribution in [0.15, 0.2) is 18.2 Å². The first-order valence-electron chi connectivity index (χ1n) is 8.22. The van der Waals surface area contributed by atoms with Gasteiger partial charge in [-0.25, -0.2) is 8.78 Å². The van der Waals surface area contributed by atoms with Gasteiger partial charge in [0.2, 0.25) is 5.91 Å². The van der Waals surface area contributed by atoms with E-state index in [1.807, 2.05) is 0 Å². The third kappa shape index (κ3) is 4.32. The standard InChI is InChI=1S/C17H23F2N3O3/c1-3-22(16(24)17(25-2)7-9-20-10-8-17)11-14(23)21-15-12(18)5-4-6-13(15)19/h4-6,20H,3,7-11H2,1-2H3,(H,21,23). The highest BCUT2D eigenvalue weighted by molar-refractivity contribution is 5.96. The molecule has 1 fully saturated rings. The molecule has 6 nitrogen and oxygen atoms in total. The average molecular weight is 355 g/mol. The smallest absolute Gasteiger partial charge is 0.255 e. The van der Waals surface area contributed by atoms with Crippen LogP contribution < -0.4 is 10.6 Å². The van der Waals surface area contributed by atoms with Crippen LogP contribution >= 0.6 is 0 Å². The number of anilines is 1. The van der Waals surface area contributed by atoms with E-state index >= 15 is 0 Å². The van der Waals surface area contributed by atoms with E-state index in [2.05, 4.69) is 10.6 Å². The maximum Gasteiger partial charge on any atom is 0.255 e. The Morgan fingerprint density at radius 2 is 1.88 bits per heavy atom. The van der Waals surface area contributed by atoms with Crippen LogP contribution in [-0.2, 0) is 14.3 Å². The van der Waals surface area contributed by atoms with Crippen LogP contribution in [0.3, 0.4) is 0 Å². The van der Waals surface area contributed by atoms with Gasteiger partial charge in [0.25, 0.3) is 5.91 Å². The number of benzene rings is 1. The first kappa shape index (κ1) is 19.3. The number of nitrogens with one attached hydrogen (secondary N) is 2. The van der Waals surface area contributed by atoms with Gasteiger partial charge >= 0.3 is 0 Å². The summed E-state index contributed by atoms with van der Waals surface area (Å²) in [6.45, 7) is 3.00. The molecule has 8 heteroatoms. The lowest BCUT2D eigenvalue weighted by Crippen LogP contribution is -2.56. The molecule has 1 heterocycles. The van der Waals surface area contributed by atoms with Gasteiger partial charge in [-0.3, -0.25) is 9.59 Å². The van der Waals surface area contributed by atoms with Gasteiger partial charge in [-0.1, -0.05) is 6.07 Å². The number of halogens is 2. The Morgan fingerprint density at radius 1 is 1.28 bits per heavy atom. The third-order valence-electron chi connectivity index (χ3n) is 4.42. The molecule has 0 saturated carbocycles. The van der Waals surface area contributed by atoms with Gasteiger partial charge < -0.3 is 20.3 Å². The number of methoxy groups -OCH3 is 1. The molecule has 2 rings (SSSR count). The molecule has 0 atom stereocenters. The highest BCUT2D eigenvalue weighted by Gasteiger charge is 2.42. The number of likely N-dealkylation sites (N-methyl/N-ethyl adjacent to an activating group) is 1. The fourth-order valence-corrected chi connectivity index (χ4v) is 2.92. The summed E-state index contributed by atoms with van der Waals surface area (Å²) in [6.07, 6.45) is 1.00. The summed E-state index contributed by atoms with van der Waals surface area (Å²) in [4.78, 5) is 26.4. The number of carbonyl (C=O) groups excluding carboxylic acids is 2. The Balaban J connectivity index is 2.08. The SMILES string of the molecule is CCN(CC(=O)Nc1c(F)cccc1F)C(=O)C1(OC)CCNCC1. The highest BCUT2D eigenvalue weighted by Crippen LogP contribution is 2.25. The van der Waals surface area contributed by atoms with Crippen molar-refractivity contribution in [1.29, 1.82) is 0 Å². The summed E-state index contributed by atoms with van der Waals surface area (Å²) < 4.78 is 32.7. The molecular weight excluding hydrogens is 332 g/mol. The second kappa shape index (κ2) is 8.35. The summed E-state index contributed by atoms with van der Waals surface area (Å²) in [5, 5.41) is 5.35. The zero-order chi connectivity index (χ0) is 18.4. The number of nitrogens with zero attached hydrogens (tertiary/aromatic N) is 1. The van der Waals surface area contributed by atoms with Crippen LogP contribution in [0.25, 0.3) is 0 Å². The molecule has 0 unspecified atom stereocenters. The van der Waals surface area contributed by atoms with Crippen LogP contribution in [0.2, 0.25) is 0 Å². The van der Waals surface area contributed by atoms with E-state index in [1.54, 1.807) is 6.92 Å². The minimum atomic E-state index is -0.967. The molecule has 1 saturated heterocycles. The topological polar surface area (TPSA) is 70.7 Å². The third-order valence-corrected chi connectivity index (χ3v) is 4.42. The Labute approximate surface area is 145 Å². The highest BCUT2D eigenvalue weighted by atomic mass is 19.1. The van der Waals surface area contributed by atoms with Crippen LogP contribution in [0.1, 0.15) is 19.8 Å². The molecule has 1 aromatic carbocycles. The molecule has 0 aliphatic carbocycles. The number of ether oxygens (including phenoxy) is 1. The number of piperidine rings is 1. The second-order valence-electron chi connectivity index (χ2n) is 5.91. The largest absolute Gasteiger partial charge is 0.368 e. The summed E-state index contributed by atoms with van der Waals surface area (Å²) in [7, 11) is 1.48. The van der Waals surface area contributed by atoms with E-state index in [4.69, 9.17) is 4.74 Å². The predicted molar refractivity (Wildman–Crippen MR) is 89.1 cm³/mol. The van der Waals surface area contributed by atoms with Gasteiger partial charge in [0, 0.05) is 13.7 Å². The van der Waals surface area contributed by atoms with Crippen LogP contribution in [-0.4, -0.2) is 55.6 Å². The lowest BCUT2D eigenvalue weighted by Gasteiger charge is -2.38. The Hall–Kier alpha value is -2.06. The molecule has 2 N–H and O–H groups in total. The maximum absolute atomic E-state index is 13.6. The first-order chi connectivity index (χ1) is 11.9. The van der Waals surface area contributed by atoms with Crippen LogP contribution in [0.4, 0.5) is 14.5 Å². The number of rotatable bonds is 6. The van der Waals surface area contributed by atoms with E-state index in [-0.39, 0.29) is 19.0 Å². The molecule has 0 bridgehead atoms. The van der Waals surface area contributed by atoms with Crippen molar-refractivity contribution in [3.63, 3.8) is 0 Å². The van der Waals surface area contributed by atoms with E-state index < -0.39 is 28.8 Å². The molecular formula is C17H23F2N3O3. The number of carbonyl (C=O) groups is 2. The molecule has 25 heavy (non-hydrogen) atoms. The zero-order valence-electron chi connectivity index (χ0n) is 14.4. The van der Waals surface area contributed by atoms with Crippen molar-refractivity contribution in [2.75, 3.05) is 38.6 Å². The minimum Gasteiger partial charge on any atom is -0.368 e. The normalized spacial score (nSPS) is 16.3. The van der Waals surface area contributed by atoms with E-state index in [0.717, 1.165) is 12.1 Å². The maximum atomic E-state index is 13.6. The Morgan fingerprint density at radius 3 is 2.40 bits per heavy atom. The minimum absolute atomic E-state index is 0.282. The summed E-state index contributed by atoms with van der Waals surface area (Å²) in [5.74, 6) is -2.69. The number of hydrogen-bond donors (Lipinski definition) is 2. The lowest BCUT2D eigenvalue weighted by molar-refractivity contribution is -0.159. The predicted octanol–water partition coefficient (Wildman–Crippen LogP) is 1.52. The van der Waals surface area contributed by atoms with E-state index in [1.165, 1.54) is 18.1 Å². The van der Waals surface area contributed by atoms with Crippen molar-refractivity contribution in [1.82, 2.24) is 10.2 Å². The van der Waals surface area contributed by atoms with Gasteiger partial charge in [-0.15, -0.1) is 0 Å². The van der Waals surface area contributed by atoms with Gasteiger partial charge in [-0.05, 0) is 45.0 Å². The Kier molecular flexibility index (Phi) is 6.44. The lowest BCUT2D eigenvalue weighted by atomic mass is 9.90. The molecule has 1 aromatic rings. The first-order valence-corrected chi connectivity index (χ1v) is 8.22. The molecule has 1 aliphatic heterocycles. The number of para-hydroxylation sites is 1. The number of amides is 2. The van der Waals surface area contributed by atoms with Crippen molar-refractivity contribution in [3.05, 3.63) is 29.8 Å². The monoisotopic (exact) mass is 355 g/mol. The van der Waals surface area contributed by atoms with Crippen molar-refractivity contribution in [2.24, 2.45) is 0 Å². The van der Waals surface area contributed by atoms with Gasteiger partial charge in [0.05, 0.1) is 6.54 Å². The second-order valence-corrected chi connectivity index (χ2v) is 5.91. The van der Waals surface area contributed by atoms with Gasteiger partial charge in [0.15, 0.2) is 0 Å². The zero-order valence-corrected chi connectivity index (χ0v) is 14.4. The molecule has 0 radical (unpaired) electrons. The summed E-state index contributed by atoms with van der Waals surface area (Å²) in [6, 6.07) is 3.31. The molecule has 1 aliphatic rings. The van der Waals surface area contributed by atoms with Crippen molar-refractivity contribution >= 4 is 17.5 Å². The summed E-state index contributed by atoms with van der Waals surface area (Å²) in [5.41, 5.74) is -1.48. The molecule has 138 valence electrons. The van der Waals surface area contributed by atoms with E-state index in [0.29, 0.717) is 25.9 Å². The van der Waals surface area contributed by atoms with Crippen LogP contribution in [0.5, 0.6) is 0 Å². The Bertz CT molecular complexity index is 613. The van der Waals surface area contributed by atoms with Crippen molar-refractivity contribution in [2.45, 2.75) is 25.4 Å². The average Bonchev–Trinajstić information content (AvgIpc) is 2.63. The molecule has 0 spiro atoms. The van der Waals surface area contributed by atoms with Crippen molar-refractivity contribution < 1.29 is 23.1 Å².